The van der Waals surface area contributed by atoms with E-state index in [9.17, 15) is 13.2 Å². The maximum absolute atomic E-state index is 12.0. The second-order valence-corrected chi connectivity index (χ2v) is 7.31. The Kier molecular flexibility index (Phi) is 4.65. The van der Waals surface area contributed by atoms with E-state index in [0.29, 0.717) is 21.8 Å². The normalized spacial score (nSPS) is 11.1. The molecule has 0 unspecified atom stereocenters. The molecule has 0 aliphatic heterocycles. The van der Waals surface area contributed by atoms with Crippen molar-refractivity contribution in [2.24, 2.45) is 0 Å². The van der Waals surface area contributed by atoms with Crippen molar-refractivity contribution in [3.63, 3.8) is 0 Å². The van der Waals surface area contributed by atoms with E-state index < -0.39 is 9.84 Å². The van der Waals surface area contributed by atoms with Crippen molar-refractivity contribution >= 4 is 33.0 Å². The number of carbonyl (C=O) groups excluding carboxylic acids is 1. The van der Waals surface area contributed by atoms with Crippen molar-refractivity contribution in [2.75, 3.05) is 11.6 Å². The Hall–Kier alpha value is -1.85. The van der Waals surface area contributed by atoms with E-state index in [-0.39, 0.29) is 11.7 Å². The summed E-state index contributed by atoms with van der Waals surface area (Å²) in [5.41, 5.74) is 1.71. The maximum Gasteiger partial charge on any atom is 0.255 e. The van der Waals surface area contributed by atoms with Crippen LogP contribution in [0.2, 0.25) is 5.02 Å². The molecule has 0 aromatic heterocycles. The Bertz CT molecular complexity index is 755. The number of hydrogen-bond donors (Lipinski definition) is 1. The van der Waals surface area contributed by atoms with Crippen LogP contribution in [0.15, 0.2) is 48.5 Å². The molecule has 0 radical (unpaired) electrons. The van der Waals surface area contributed by atoms with Gasteiger partial charge in [0.25, 0.3) is 5.91 Å². The summed E-state index contributed by atoms with van der Waals surface area (Å²) < 4.78 is 22.4. The molecule has 0 atom stereocenters. The SMILES string of the molecule is CS(=O)(=O)Cc1ccc(C(=O)Nc2cccc(Cl)c2)cc1. The van der Waals surface area contributed by atoms with E-state index in [1.165, 1.54) is 6.26 Å². The van der Waals surface area contributed by atoms with Crippen molar-refractivity contribution in [3.05, 3.63) is 64.7 Å². The molecule has 2 rings (SSSR count). The number of sulfone groups is 1. The molecule has 0 bridgehead atoms. The highest BCUT2D eigenvalue weighted by molar-refractivity contribution is 7.89. The zero-order chi connectivity index (χ0) is 15.5. The number of carbonyl (C=O) groups is 1. The van der Waals surface area contributed by atoms with Gasteiger partial charge in [-0.1, -0.05) is 29.8 Å². The van der Waals surface area contributed by atoms with Gasteiger partial charge in [0.05, 0.1) is 5.75 Å². The molecular formula is C15H14ClNO3S. The number of halogens is 1. The summed E-state index contributed by atoms with van der Waals surface area (Å²) in [5, 5.41) is 3.26. The van der Waals surface area contributed by atoms with Crippen molar-refractivity contribution in [1.29, 1.82) is 0 Å². The third-order valence-electron chi connectivity index (χ3n) is 2.73. The van der Waals surface area contributed by atoms with E-state index in [0.717, 1.165) is 0 Å². The monoisotopic (exact) mass is 323 g/mol. The predicted octanol–water partition coefficient (Wildman–Crippen LogP) is 3.14. The Morgan fingerprint density at radius 2 is 1.81 bits per heavy atom. The standard InChI is InChI=1S/C15H14ClNO3S/c1-21(19,20)10-11-5-7-12(8-6-11)15(18)17-14-4-2-3-13(16)9-14/h2-9H,10H2,1H3,(H,17,18). The van der Waals surface area contributed by atoms with Gasteiger partial charge in [-0.25, -0.2) is 8.42 Å². The molecule has 0 saturated heterocycles. The minimum Gasteiger partial charge on any atom is -0.322 e. The van der Waals surface area contributed by atoms with Gasteiger partial charge in [-0.05, 0) is 35.9 Å². The Balaban J connectivity index is 2.10. The molecule has 4 nitrogen and oxygen atoms in total. The molecule has 0 saturated carbocycles. The Labute approximate surface area is 128 Å². The van der Waals surface area contributed by atoms with Gasteiger partial charge in [0, 0.05) is 22.5 Å². The quantitative estimate of drug-likeness (QED) is 0.940. The van der Waals surface area contributed by atoms with Gasteiger partial charge in [-0.2, -0.15) is 0 Å². The van der Waals surface area contributed by atoms with E-state index in [1.54, 1.807) is 48.5 Å². The van der Waals surface area contributed by atoms with Crippen LogP contribution in [-0.4, -0.2) is 20.6 Å². The molecular weight excluding hydrogens is 310 g/mol. The molecule has 1 amide bonds. The fourth-order valence-electron chi connectivity index (χ4n) is 1.82. The van der Waals surface area contributed by atoms with Crippen LogP contribution in [0.25, 0.3) is 0 Å². The zero-order valence-corrected chi connectivity index (χ0v) is 12.9. The Morgan fingerprint density at radius 1 is 1.14 bits per heavy atom. The lowest BCUT2D eigenvalue weighted by Crippen LogP contribution is -2.12. The average molecular weight is 324 g/mol. The third-order valence-corrected chi connectivity index (χ3v) is 3.82. The first-order valence-electron chi connectivity index (χ1n) is 6.17. The van der Waals surface area contributed by atoms with Gasteiger partial charge in [0.15, 0.2) is 9.84 Å². The van der Waals surface area contributed by atoms with Crippen molar-refractivity contribution in [1.82, 2.24) is 0 Å². The largest absolute Gasteiger partial charge is 0.322 e. The number of hydrogen-bond acceptors (Lipinski definition) is 3. The molecule has 0 aliphatic carbocycles. The highest BCUT2D eigenvalue weighted by Crippen LogP contribution is 2.16. The predicted molar refractivity (Wildman–Crippen MR) is 84.4 cm³/mol. The first-order chi connectivity index (χ1) is 9.83. The summed E-state index contributed by atoms with van der Waals surface area (Å²) in [6, 6.07) is 13.3. The lowest BCUT2D eigenvalue weighted by Gasteiger charge is -2.06. The molecule has 0 heterocycles. The second-order valence-electron chi connectivity index (χ2n) is 4.73. The second kappa shape index (κ2) is 6.28. The molecule has 6 heteroatoms. The van der Waals surface area contributed by atoms with E-state index in [1.807, 2.05) is 0 Å². The Morgan fingerprint density at radius 3 is 2.38 bits per heavy atom. The van der Waals surface area contributed by atoms with Crippen LogP contribution in [0.1, 0.15) is 15.9 Å². The third kappa shape index (κ3) is 4.88. The van der Waals surface area contributed by atoms with Gasteiger partial charge < -0.3 is 5.32 Å². The number of anilines is 1. The smallest absolute Gasteiger partial charge is 0.255 e. The average Bonchev–Trinajstić information content (AvgIpc) is 2.37. The van der Waals surface area contributed by atoms with Crippen LogP contribution in [0, 0.1) is 0 Å². The molecule has 2 aromatic carbocycles. The summed E-state index contributed by atoms with van der Waals surface area (Å²) >= 11 is 5.85. The van der Waals surface area contributed by atoms with Crippen LogP contribution in [0.3, 0.4) is 0 Å². The number of benzene rings is 2. The molecule has 21 heavy (non-hydrogen) atoms. The molecule has 0 fully saturated rings. The van der Waals surface area contributed by atoms with Crippen molar-refractivity contribution in [3.8, 4) is 0 Å². The zero-order valence-electron chi connectivity index (χ0n) is 11.3. The van der Waals surface area contributed by atoms with Gasteiger partial charge in [-0.15, -0.1) is 0 Å². The van der Waals surface area contributed by atoms with Crippen molar-refractivity contribution < 1.29 is 13.2 Å². The topological polar surface area (TPSA) is 63.2 Å². The number of amides is 1. The van der Waals surface area contributed by atoms with Crippen molar-refractivity contribution in [2.45, 2.75) is 5.75 Å². The fourth-order valence-corrected chi connectivity index (χ4v) is 2.81. The van der Waals surface area contributed by atoms with E-state index in [2.05, 4.69) is 5.32 Å². The molecule has 1 N–H and O–H groups in total. The highest BCUT2D eigenvalue weighted by Gasteiger charge is 2.08. The van der Waals surface area contributed by atoms with Crippen LogP contribution in [0.5, 0.6) is 0 Å². The van der Waals surface area contributed by atoms with Crippen LogP contribution < -0.4 is 5.32 Å². The van der Waals surface area contributed by atoms with Crippen LogP contribution >= 0.6 is 11.6 Å². The first-order valence-corrected chi connectivity index (χ1v) is 8.61. The van der Waals surface area contributed by atoms with Gasteiger partial charge in [0.2, 0.25) is 0 Å². The van der Waals surface area contributed by atoms with E-state index in [4.69, 9.17) is 11.6 Å². The number of rotatable bonds is 4. The van der Waals surface area contributed by atoms with Gasteiger partial charge in [0.1, 0.15) is 0 Å². The highest BCUT2D eigenvalue weighted by atomic mass is 35.5. The lowest BCUT2D eigenvalue weighted by molar-refractivity contribution is 0.102. The summed E-state index contributed by atoms with van der Waals surface area (Å²) in [6.45, 7) is 0. The minimum absolute atomic E-state index is 0.0385. The molecule has 0 spiro atoms. The minimum atomic E-state index is -3.08. The molecule has 0 aliphatic rings. The van der Waals surface area contributed by atoms with Crippen LogP contribution in [0.4, 0.5) is 5.69 Å². The van der Waals surface area contributed by atoms with Gasteiger partial charge in [-0.3, -0.25) is 4.79 Å². The molecule has 2 aromatic rings. The number of nitrogens with one attached hydrogen (secondary N) is 1. The maximum atomic E-state index is 12.0. The fraction of sp³-hybridized carbons (Fsp3) is 0.133. The lowest BCUT2D eigenvalue weighted by atomic mass is 10.1. The van der Waals surface area contributed by atoms with E-state index >= 15 is 0 Å². The summed E-state index contributed by atoms with van der Waals surface area (Å²) in [4.78, 5) is 12.0. The summed E-state index contributed by atoms with van der Waals surface area (Å²) in [5.74, 6) is -0.313. The first kappa shape index (κ1) is 15.5. The van der Waals surface area contributed by atoms with Crippen LogP contribution in [-0.2, 0) is 15.6 Å². The summed E-state index contributed by atoms with van der Waals surface area (Å²) in [6.07, 6.45) is 1.17. The summed E-state index contributed by atoms with van der Waals surface area (Å²) in [7, 11) is -3.08. The van der Waals surface area contributed by atoms with Gasteiger partial charge >= 0.3 is 0 Å². The molecule has 110 valence electrons.